The molecule has 0 atom stereocenters. The Balaban J connectivity index is 2.85. The van der Waals surface area contributed by atoms with Gasteiger partial charge in [-0.05, 0) is 6.08 Å². The van der Waals surface area contributed by atoms with Gasteiger partial charge in [0.25, 0.3) is 0 Å². The smallest absolute Gasteiger partial charge is 0.0553 e. The Kier molecular flexibility index (Phi) is 0.322. The summed E-state index contributed by atoms with van der Waals surface area (Å²) in [7, 11) is 0. The van der Waals surface area contributed by atoms with Crippen LogP contribution >= 0.6 is 0 Å². The van der Waals surface area contributed by atoms with Crippen molar-refractivity contribution in [3.63, 3.8) is 0 Å². The first-order valence-corrected chi connectivity index (χ1v) is 1.59. The van der Waals surface area contributed by atoms with Gasteiger partial charge < -0.3 is 5.73 Å². The van der Waals surface area contributed by atoms with Crippen molar-refractivity contribution < 1.29 is 0 Å². The summed E-state index contributed by atoms with van der Waals surface area (Å²) in [6, 6.07) is 0. The fraction of sp³-hybridized carbons (Fsp3) is 0.250. The summed E-state index contributed by atoms with van der Waals surface area (Å²) in [6.07, 6.45) is 2.86. The van der Waals surface area contributed by atoms with Gasteiger partial charge in [0.05, 0.1) is 5.70 Å². The summed E-state index contributed by atoms with van der Waals surface area (Å²) in [5.41, 5.74) is 8.81. The molecule has 0 bridgehead atoms. The third-order valence-corrected chi connectivity index (χ3v) is 0.609. The van der Waals surface area contributed by atoms with E-state index in [9.17, 15) is 0 Å². The fourth-order valence-electron chi connectivity index (χ4n) is 0.220. The molecule has 2 N–H and O–H groups in total. The molecule has 1 aliphatic rings. The van der Waals surface area contributed by atoms with Gasteiger partial charge in [0.2, 0.25) is 0 Å². The highest BCUT2D eigenvalue weighted by molar-refractivity contribution is 5.11. The molecule has 0 heterocycles. The van der Waals surface area contributed by atoms with E-state index in [-0.39, 0.29) is 0 Å². The maximum Gasteiger partial charge on any atom is 0.0553 e. The average Bonchev–Trinajstić information content (AvgIpc) is 1.30. The number of hydrogen-bond acceptors (Lipinski definition) is 1. The third-order valence-electron chi connectivity index (χ3n) is 0.609. The largest absolute Gasteiger partial charge is 0.395 e. The molecule has 1 heteroatoms. The van der Waals surface area contributed by atoms with Gasteiger partial charge in [0.1, 0.15) is 0 Å². The van der Waals surface area contributed by atoms with Gasteiger partial charge in [-0.2, -0.15) is 0 Å². The van der Waals surface area contributed by atoms with Gasteiger partial charge in [0, 0.05) is 6.42 Å². The number of hydrogen-bond donors (Lipinski definition) is 1. The first-order chi connectivity index (χ1) is 2.39. The highest BCUT2D eigenvalue weighted by atomic mass is 14.6. The summed E-state index contributed by atoms with van der Waals surface area (Å²) in [5, 5.41) is 0. The van der Waals surface area contributed by atoms with E-state index in [0.717, 1.165) is 12.1 Å². The Morgan fingerprint density at radius 3 is 2.40 bits per heavy atom. The molecule has 0 aromatic rings. The summed E-state index contributed by atoms with van der Waals surface area (Å²) in [6.45, 7) is 0. The van der Waals surface area contributed by atoms with Crippen LogP contribution in [-0.2, 0) is 0 Å². The van der Waals surface area contributed by atoms with E-state index in [1.165, 1.54) is 0 Å². The minimum Gasteiger partial charge on any atom is -0.395 e. The first kappa shape index (κ1) is 2.55. The lowest BCUT2D eigenvalue weighted by Crippen LogP contribution is -1.97. The Bertz CT molecular complexity index is 96.2. The van der Waals surface area contributed by atoms with Crippen molar-refractivity contribution in [2.24, 2.45) is 5.73 Å². The molecular formula is C4H5N. The van der Waals surface area contributed by atoms with Crippen LogP contribution in [0.5, 0.6) is 0 Å². The fourth-order valence-corrected chi connectivity index (χ4v) is 0.220. The Hall–Kier alpha value is -0.680. The molecule has 0 radical (unpaired) electrons. The monoisotopic (exact) mass is 67.0 g/mol. The van der Waals surface area contributed by atoms with E-state index >= 15 is 0 Å². The molecule has 0 unspecified atom stereocenters. The molecule has 0 aromatic carbocycles. The van der Waals surface area contributed by atoms with Crippen molar-refractivity contribution >= 4 is 0 Å². The van der Waals surface area contributed by atoms with Gasteiger partial charge in [-0.15, -0.1) is 5.73 Å². The molecule has 0 fully saturated rings. The van der Waals surface area contributed by atoms with Crippen LogP contribution in [-0.4, -0.2) is 0 Å². The van der Waals surface area contributed by atoms with Crippen LogP contribution in [0.15, 0.2) is 17.5 Å². The lowest BCUT2D eigenvalue weighted by molar-refractivity contribution is 1.12. The summed E-state index contributed by atoms with van der Waals surface area (Å²) >= 11 is 0. The van der Waals surface area contributed by atoms with Crippen LogP contribution in [0.25, 0.3) is 0 Å². The van der Waals surface area contributed by atoms with Crippen LogP contribution in [0.4, 0.5) is 0 Å². The van der Waals surface area contributed by atoms with E-state index in [1.807, 2.05) is 6.08 Å². The molecule has 0 saturated heterocycles. The minimum atomic E-state index is 0.880. The van der Waals surface area contributed by atoms with E-state index in [2.05, 4.69) is 5.73 Å². The first-order valence-electron chi connectivity index (χ1n) is 1.59. The van der Waals surface area contributed by atoms with Crippen molar-refractivity contribution in [1.82, 2.24) is 0 Å². The zero-order valence-corrected chi connectivity index (χ0v) is 2.86. The topological polar surface area (TPSA) is 26.0 Å². The normalized spacial score (nSPS) is 17.2. The lowest BCUT2D eigenvalue weighted by Gasteiger charge is -1.93. The van der Waals surface area contributed by atoms with Crippen LogP contribution in [0.2, 0.25) is 0 Å². The second-order valence-corrected chi connectivity index (χ2v) is 1.08. The zero-order valence-electron chi connectivity index (χ0n) is 2.86. The maximum atomic E-state index is 5.15. The quantitative estimate of drug-likeness (QED) is 0.407. The number of rotatable bonds is 0. The van der Waals surface area contributed by atoms with Crippen LogP contribution < -0.4 is 5.73 Å². The molecule has 0 saturated carbocycles. The van der Waals surface area contributed by atoms with Crippen LogP contribution in [0.1, 0.15) is 6.42 Å². The van der Waals surface area contributed by atoms with E-state index < -0.39 is 0 Å². The van der Waals surface area contributed by atoms with Crippen molar-refractivity contribution in [3.8, 4) is 0 Å². The highest BCUT2D eigenvalue weighted by Gasteiger charge is 1.87. The molecule has 1 nitrogen and oxygen atoms in total. The Morgan fingerprint density at radius 2 is 2.40 bits per heavy atom. The highest BCUT2D eigenvalue weighted by Crippen LogP contribution is 1.98. The molecule has 26 valence electrons. The van der Waals surface area contributed by atoms with Crippen molar-refractivity contribution in [2.45, 2.75) is 6.42 Å². The molecule has 0 aliphatic heterocycles. The molecule has 0 aromatic heterocycles. The molecule has 0 amide bonds. The molecule has 1 aliphatic carbocycles. The van der Waals surface area contributed by atoms with Gasteiger partial charge in [0.15, 0.2) is 0 Å². The molecule has 5 heavy (non-hydrogen) atoms. The summed E-state index contributed by atoms with van der Waals surface area (Å²) < 4.78 is 0. The zero-order chi connectivity index (χ0) is 3.70. The Labute approximate surface area is 30.8 Å². The predicted molar refractivity (Wildman–Crippen MR) is 20.4 cm³/mol. The van der Waals surface area contributed by atoms with Crippen molar-refractivity contribution in [2.75, 3.05) is 0 Å². The average molecular weight is 67.1 g/mol. The lowest BCUT2D eigenvalue weighted by atomic mass is 10.2. The SMILES string of the molecule is NC1=C=CC1. The standard InChI is InChI=1S/C4H5N/c5-4-2-1-3-4/h1H,2,5H2. The van der Waals surface area contributed by atoms with E-state index in [1.54, 1.807) is 0 Å². The molecule has 1 rings (SSSR count). The molecule has 0 spiro atoms. The van der Waals surface area contributed by atoms with Crippen molar-refractivity contribution in [1.29, 1.82) is 0 Å². The van der Waals surface area contributed by atoms with Crippen LogP contribution in [0, 0.1) is 0 Å². The van der Waals surface area contributed by atoms with Gasteiger partial charge in [-0.1, -0.05) is 0 Å². The predicted octanol–water partition coefficient (Wildman–Crippen LogP) is 0.388. The maximum absolute atomic E-state index is 5.15. The van der Waals surface area contributed by atoms with E-state index in [4.69, 9.17) is 5.73 Å². The van der Waals surface area contributed by atoms with Gasteiger partial charge in [-0.3, -0.25) is 0 Å². The van der Waals surface area contributed by atoms with E-state index in [0.29, 0.717) is 0 Å². The third kappa shape index (κ3) is 0.204. The minimum absolute atomic E-state index is 0.880. The van der Waals surface area contributed by atoms with Gasteiger partial charge >= 0.3 is 0 Å². The number of nitrogens with two attached hydrogens (primary N) is 1. The Morgan fingerprint density at radius 1 is 2.00 bits per heavy atom. The summed E-state index contributed by atoms with van der Waals surface area (Å²) in [5.74, 6) is 0. The second-order valence-electron chi connectivity index (χ2n) is 1.08. The second kappa shape index (κ2) is 0.631. The summed E-state index contributed by atoms with van der Waals surface area (Å²) in [4.78, 5) is 0. The van der Waals surface area contributed by atoms with Crippen molar-refractivity contribution in [3.05, 3.63) is 17.5 Å². The van der Waals surface area contributed by atoms with Crippen LogP contribution in [0.3, 0.4) is 0 Å². The van der Waals surface area contributed by atoms with Gasteiger partial charge in [-0.25, -0.2) is 0 Å². The molecular weight excluding hydrogens is 62.1 g/mol.